The molecule has 2 aromatic heterocycles. The van der Waals surface area contributed by atoms with Gasteiger partial charge in [-0.15, -0.1) is 0 Å². The van der Waals surface area contributed by atoms with Gasteiger partial charge in [0.1, 0.15) is 0 Å². The second kappa shape index (κ2) is 7.04. The maximum absolute atomic E-state index is 12.3. The molecule has 4 rings (SSSR count). The van der Waals surface area contributed by atoms with Gasteiger partial charge in [-0.25, -0.2) is 4.98 Å². The molecule has 0 bridgehead atoms. The van der Waals surface area contributed by atoms with Crippen LogP contribution in [-0.2, 0) is 13.1 Å². The van der Waals surface area contributed by atoms with Crippen molar-refractivity contribution in [2.45, 2.75) is 51.6 Å². The average Bonchev–Trinajstić information content (AvgIpc) is 3.43. The molecular weight excluding hydrogens is 314 g/mol. The lowest BCUT2D eigenvalue weighted by Gasteiger charge is -2.31. The standard InChI is InChI=1S/C19H25N5O/c1-14-9-20-10-17(22-14)12-23-6-4-15(5-7-23)11-24-13-21-18(8-19(24)25)16-2-3-16/h8-10,13,15-16H,2-7,11-12H2,1H3. The number of hydrogen-bond acceptors (Lipinski definition) is 5. The van der Waals surface area contributed by atoms with Crippen molar-refractivity contribution in [3.63, 3.8) is 0 Å². The van der Waals surface area contributed by atoms with Crippen LogP contribution in [0.25, 0.3) is 0 Å². The molecule has 0 spiro atoms. The fraction of sp³-hybridized carbons (Fsp3) is 0.579. The lowest BCUT2D eigenvalue weighted by atomic mass is 9.96. The molecule has 0 radical (unpaired) electrons. The van der Waals surface area contributed by atoms with E-state index in [4.69, 9.17) is 0 Å². The number of aromatic nitrogens is 4. The second-order valence-corrected chi connectivity index (χ2v) is 7.45. The predicted molar refractivity (Wildman–Crippen MR) is 95.2 cm³/mol. The van der Waals surface area contributed by atoms with Crippen molar-refractivity contribution in [3.05, 3.63) is 52.2 Å². The van der Waals surface area contributed by atoms with E-state index in [0.29, 0.717) is 11.8 Å². The van der Waals surface area contributed by atoms with Crippen LogP contribution >= 0.6 is 0 Å². The summed E-state index contributed by atoms with van der Waals surface area (Å²) < 4.78 is 1.79. The zero-order valence-electron chi connectivity index (χ0n) is 14.8. The molecule has 2 aromatic rings. The van der Waals surface area contributed by atoms with Crippen LogP contribution in [0.5, 0.6) is 0 Å². The monoisotopic (exact) mass is 339 g/mol. The van der Waals surface area contributed by atoms with Crippen LogP contribution in [0.15, 0.2) is 29.6 Å². The zero-order valence-corrected chi connectivity index (χ0v) is 14.8. The molecule has 25 heavy (non-hydrogen) atoms. The van der Waals surface area contributed by atoms with Crippen LogP contribution in [0.2, 0.25) is 0 Å². The van der Waals surface area contributed by atoms with Crippen LogP contribution in [0.1, 0.15) is 48.7 Å². The van der Waals surface area contributed by atoms with E-state index in [2.05, 4.69) is 19.9 Å². The quantitative estimate of drug-likeness (QED) is 0.835. The summed E-state index contributed by atoms with van der Waals surface area (Å²) in [5, 5.41) is 0. The summed E-state index contributed by atoms with van der Waals surface area (Å²) in [6.45, 7) is 5.71. The summed E-state index contributed by atoms with van der Waals surface area (Å²) in [7, 11) is 0. The highest BCUT2D eigenvalue weighted by Crippen LogP contribution is 2.38. The molecule has 1 aliphatic heterocycles. The summed E-state index contributed by atoms with van der Waals surface area (Å²) in [6.07, 6.45) is 9.97. The van der Waals surface area contributed by atoms with Gasteiger partial charge in [0.05, 0.1) is 23.4 Å². The summed E-state index contributed by atoms with van der Waals surface area (Å²) in [5.41, 5.74) is 3.09. The molecule has 2 aliphatic rings. The van der Waals surface area contributed by atoms with E-state index in [0.717, 1.165) is 56.1 Å². The minimum Gasteiger partial charge on any atom is -0.299 e. The predicted octanol–water partition coefficient (Wildman–Crippen LogP) is 2.13. The van der Waals surface area contributed by atoms with Gasteiger partial charge in [0.25, 0.3) is 5.56 Å². The fourth-order valence-electron chi connectivity index (χ4n) is 3.61. The zero-order chi connectivity index (χ0) is 17.2. The highest BCUT2D eigenvalue weighted by Gasteiger charge is 2.26. The third-order valence-electron chi connectivity index (χ3n) is 5.25. The lowest BCUT2D eigenvalue weighted by molar-refractivity contribution is 0.164. The molecule has 1 saturated carbocycles. The van der Waals surface area contributed by atoms with Crippen LogP contribution in [0.4, 0.5) is 0 Å². The van der Waals surface area contributed by atoms with Gasteiger partial charge in [-0.2, -0.15) is 0 Å². The maximum atomic E-state index is 12.3. The van der Waals surface area contributed by atoms with Crippen LogP contribution in [0.3, 0.4) is 0 Å². The van der Waals surface area contributed by atoms with Crippen molar-refractivity contribution < 1.29 is 0 Å². The molecule has 0 unspecified atom stereocenters. The van der Waals surface area contributed by atoms with Crippen LogP contribution in [0, 0.1) is 12.8 Å². The molecule has 1 saturated heterocycles. The van der Waals surface area contributed by atoms with Gasteiger partial charge < -0.3 is 0 Å². The van der Waals surface area contributed by atoms with Crippen molar-refractivity contribution in [1.82, 2.24) is 24.4 Å². The first-order valence-electron chi connectivity index (χ1n) is 9.23. The van der Waals surface area contributed by atoms with E-state index in [1.54, 1.807) is 23.2 Å². The number of rotatable bonds is 5. The number of piperidine rings is 1. The Morgan fingerprint density at radius 2 is 1.96 bits per heavy atom. The largest absolute Gasteiger partial charge is 0.299 e. The highest BCUT2D eigenvalue weighted by molar-refractivity contribution is 5.12. The number of aryl methyl sites for hydroxylation is 1. The van der Waals surface area contributed by atoms with Gasteiger partial charge in [0.15, 0.2) is 0 Å². The van der Waals surface area contributed by atoms with Gasteiger partial charge in [-0.05, 0) is 51.6 Å². The summed E-state index contributed by atoms with van der Waals surface area (Å²) in [6, 6.07) is 1.74. The Morgan fingerprint density at radius 1 is 1.16 bits per heavy atom. The third kappa shape index (κ3) is 4.12. The Kier molecular flexibility index (Phi) is 4.61. The molecule has 132 valence electrons. The Labute approximate surface area is 148 Å². The van der Waals surface area contributed by atoms with Crippen molar-refractivity contribution in [3.8, 4) is 0 Å². The van der Waals surface area contributed by atoms with Gasteiger partial charge in [0.2, 0.25) is 0 Å². The SMILES string of the molecule is Cc1cncc(CN2CCC(Cn3cnc(C4CC4)cc3=O)CC2)n1. The van der Waals surface area contributed by atoms with Crippen LogP contribution in [-0.4, -0.2) is 37.5 Å². The van der Waals surface area contributed by atoms with E-state index < -0.39 is 0 Å². The normalized spacial score (nSPS) is 19.2. The Bertz CT molecular complexity index is 790. The van der Waals surface area contributed by atoms with Gasteiger partial charge in [0, 0.05) is 37.5 Å². The van der Waals surface area contributed by atoms with E-state index in [1.807, 2.05) is 13.1 Å². The average molecular weight is 339 g/mol. The molecule has 0 N–H and O–H groups in total. The molecule has 2 fully saturated rings. The summed E-state index contributed by atoms with van der Waals surface area (Å²) in [4.78, 5) is 27.9. The van der Waals surface area contributed by atoms with Crippen molar-refractivity contribution in [1.29, 1.82) is 0 Å². The highest BCUT2D eigenvalue weighted by atomic mass is 16.1. The van der Waals surface area contributed by atoms with E-state index >= 15 is 0 Å². The Hall–Kier alpha value is -2.08. The van der Waals surface area contributed by atoms with Crippen LogP contribution < -0.4 is 5.56 Å². The van der Waals surface area contributed by atoms with Gasteiger partial charge >= 0.3 is 0 Å². The first-order chi connectivity index (χ1) is 12.2. The molecule has 6 nitrogen and oxygen atoms in total. The Balaban J connectivity index is 1.31. The van der Waals surface area contributed by atoms with Crippen molar-refractivity contribution >= 4 is 0 Å². The lowest BCUT2D eigenvalue weighted by Crippen LogP contribution is -2.36. The molecular formula is C19H25N5O. The molecule has 0 atom stereocenters. The van der Waals surface area contributed by atoms with Crippen molar-refractivity contribution in [2.75, 3.05) is 13.1 Å². The molecule has 3 heterocycles. The molecule has 1 aliphatic carbocycles. The fourth-order valence-corrected chi connectivity index (χ4v) is 3.61. The molecule has 0 aromatic carbocycles. The third-order valence-corrected chi connectivity index (χ3v) is 5.25. The Morgan fingerprint density at radius 3 is 2.64 bits per heavy atom. The minimum atomic E-state index is 0.106. The van der Waals surface area contributed by atoms with E-state index in [1.165, 1.54) is 12.8 Å². The smallest absolute Gasteiger partial charge is 0.253 e. The topological polar surface area (TPSA) is 63.9 Å². The maximum Gasteiger partial charge on any atom is 0.253 e. The molecule has 0 amide bonds. The second-order valence-electron chi connectivity index (χ2n) is 7.45. The minimum absolute atomic E-state index is 0.106. The van der Waals surface area contributed by atoms with E-state index in [-0.39, 0.29) is 5.56 Å². The van der Waals surface area contributed by atoms with Crippen molar-refractivity contribution in [2.24, 2.45) is 5.92 Å². The number of nitrogens with zero attached hydrogens (tertiary/aromatic N) is 5. The van der Waals surface area contributed by atoms with E-state index in [9.17, 15) is 4.79 Å². The molecule has 6 heteroatoms. The van der Waals surface area contributed by atoms with Gasteiger partial charge in [-0.3, -0.25) is 24.2 Å². The summed E-state index contributed by atoms with van der Waals surface area (Å²) in [5.74, 6) is 1.08. The first kappa shape index (κ1) is 16.4. The summed E-state index contributed by atoms with van der Waals surface area (Å²) >= 11 is 0. The first-order valence-corrected chi connectivity index (χ1v) is 9.23. The van der Waals surface area contributed by atoms with Gasteiger partial charge in [-0.1, -0.05) is 0 Å². The number of hydrogen-bond donors (Lipinski definition) is 0. The number of likely N-dealkylation sites (tertiary alicyclic amines) is 1.